The second kappa shape index (κ2) is 9.08. The van der Waals surface area contributed by atoms with Crippen LogP contribution >= 0.6 is 14.4 Å². The Morgan fingerprint density at radius 2 is 1.49 bits per heavy atom. The average Bonchev–Trinajstić information content (AvgIpc) is 3.39. The number of furan rings is 1. The second-order valence-corrected chi connectivity index (χ2v) is 15.0. The van der Waals surface area contributed by atoms with Gasteiger partial charge in [-0.25, -0.2) is 17.6 Å². The molecule has 0 amide bonds. The maximum Gasteiger partial charge on any atom is 0.170 e. The van der Waals surface area contributed by atoms with Gasteiger partial charge in [0.2, 0.25) is 0 Å². The number of allylic oxidation sites excluding steroid dienone is 2. The lowest BCUT2D eigenvalue weighted by Gasteiger charge is -2.26. The predicted molar refractivity (Wildman–Crippen MR) is 145 cm³/mol. The van der Waals surface area contributed by atoms with Gasteiger partial charge in [-0.2, -0.15) is 0 Å². The molecule has 0 N–H and O–H groups in total. The molecule has 37 heavy (non-hydrogen) atoms. The van der Waals surface area contributed by atoms with Crippen molar-refractivity contribution in [1.29, 1.82) is 0 Å². The Morgan fingerprint density at radius 1 is 0.838 bits per heavy atom. The number of rotatable bonds is 5. The molecule has 2 atom stereocenters. The van der Waals surface area contributed by atoms with Crippen LogP contribution in [0.25, 0.3) is 32.0 Å². The van der Waals surface area contributed by atoms with Crippen molar-refractivity contribution in [2.45, 2.75) is 40.0 Å². The van der Waals surface area contributed by atoms with Crippen LogP contribution in [0, 0.1) is 37.1 Å². The lowest BCUT2D eigenvalue weighted by molar-refractivity contribution is 0.513. The van der Waals surface area contributed by atoms with Crippen LogP contribution in [0.15, 0.2) is 59.2 Å². The minimum Gasteiger partial charge on any atom is -0.464 e. The number of hydrogen-bond donors (Lipinski definition) is 0. The first kappa shape index (κ1) is 24.3. The fraction of sp³-hybridized carbons (Fsp3) is 0.200. The van der Waals surface area contributed by atoms with E-state index in [9.17, 15) is 8.78 Å². The molecule has 7 heteroatoms. The minimum absolute atomic E-state index is 0.244. The molecule has 2 aromatic heterocycles. The van der Waals surface area contributed by atoms with Gasteiger partial charge < -0.3 is 4.42 Å². The quantitative estimate of drug-likeness (QED) is 0.203. The summed E-state index contributed by atoms with van der Waals surface area (Å²) in [5.41, 5.74) is 6.64. The highest BCUT2D eigenvalue weighted by atomic mass is 31.9. The Bertz CT molecular complexity index is 1730. The number of fused-ring (bicyclic) bond motifs is 3. The normalized spacial score (nSPS) is 14.2. The summed E-state index contributed by atoms with van der Waals surface area (Å²) in [5.74, 6) is -2.80. The van der Waals surface area contributed by atoms with E-state index in [0.29, 0.717) is 6.42 Å². The molecule has 0 fully saturated rings. The second-order valence-electron chi connectivity index (χ2n) is 9.49. The van der Waals surface area contributed by atoms with E-state index in [2.05, 4.69) is 13.0 Å². The van der Waals surface area contributed by atoms with E-state index in [0.717, 1.165) is 74.4 Å². The van der Waals surface area contributed by atoms with Crippen molar-refractivity contribution in [3.05, 3.63) is 106 Å². The van der Waals surface area contributed by atoms with Gasteiger partial charge in [0.25, 0.3) is 0 Å². The van der Waals surface area contributed by atoms with Crippen molar-refractivity contribution in [1.82, 2.24) is 0 Å². The van der Waals surface area contributed by atoms with Crippen LogP contribution in [0.3, 0.4) is 0 Å². The number of halogens is 4. The highest BCUT2D eigenvalue weighted by Crippen LogP contribution is 2.76. The number of benzene rings is 3. The smallest absolute Gasteiger partial charge is 0.170 e. The fourth-order valence-electron chi connectivity index (χ4n) is 5.42. The summed E-state index contributed by atoms with van der Waals surface area (Å²) in [5, 5.41) is 2.37. The third kappa shape index (κ3) is 3.59. The molecule has 0 saturated carbocycles. The van der Waals surface area contributed by atoms with Crippen LogP contribution < -0.4 is 0 Å². The zero-order valence-corrected chi connectivity index (χ0v) is 22.4. The van der Waals surface area contributed by atoms with Crippen molar-refractivity contribution < 1.29 is 22.0 Å². The maximum atomic E-state index is 15.3. The first-order chi connectivity index (χ1) is 17.8. The topological polar surface area (TPSA) is 13.1 Å². The van der Waals surface area contributed by atoms with Gasteiger partial charge in [-0.3, -0.25) is 0 Å². The zero-order chi connectivity index (χ0) is 26.0. The molecule has 1 nitrogen and oxygen atoms in total. The van der Waals surface area contributed by atoms with Gasteiger partial charge in [0.1, 0.15) is 5.76 Å². The van der Waals surface area contributed by atoms with Crippen molar-refractivity contribution in [3.63, 3.8) is 0 Å². The Hall–Kier alpha value is -3.00. The van der Waals surface area contributed by atoms with Gasteiger partial charge >= 0.3 is 0 Å². The third-order valence-electron chi connectivity index (χ3n) is 7.29. The Balaban J connectivity index is 1.71. The molecule has 0 spiro atoms. The van der Waals surface area contributed by atoms with E-state index in [1.807, 2.05) is 19.9 Å². The lowest BCUT2D eigenvalue weighted by Crippen LogP contribution is -1.93. The van der Waals surface area contributed by atoms with Crippen molar-refractivity contribution >= 4 is 35.8 Å². The van der Waals surface area contributed by atoms with Gasteiger partial charge in [0.05, 0.1) is 6.26 Å². The highest BCUT2D eigenvalue weighted by molar-refractivity contribution is 8.22. The molecule has 1 aliphatic rings. The van der Waals surface area contributed by atoms with Crippen molar-refractivity contribution in [2.24, 2.45) is 0 Å². The van der Waals surface area contributed by atoms with Crippen LogP contribution in [-0.4, -0.2) is 0 Å². The Labute approximate surface area is 214 Å². The predicted octanol–water partition coefficient (Wildman–Crippen LogP) is 10.8. The van der Waals surface area contributed by atoms with E-state index in [1.165, 1.54) is 12.1 Å². The summed E-state index contributed by atoms with van der Waals surface area (Å²) in [6, 6.07) is 12.4. The minimum atomic E-state index is -1.47. The largest absolute Gasteiger partial charge is 0.464 e. The van der Waals surface area contributed by atoms with Gasteiger partial charge in [-0.15, -0.1) is 0 Å². The molecule has 188 valence electrons. The van der Waals surface area contributed by atoms with Crippen LogP contribution in [0.2, 0.25) is 0 Å². The number of hydrogen-bond acceptors (Lipinski definition) is 1. The molecule has 1 aliphatic carbocycles. The standard InChI is InChI=1S/C30H24F4OP2/c1-4-7-19-20(29-17(3)16(2)15-35-29)14-18-12-13-25-30(26(18)19)37(24-11-6-9-22(32)28(24)34)36(25)23-10-5-8-21(31)27(23)33/h5-6,8-13,15H,4,7,14H2,1-3H3. The summed E-state index contributed by atoms with van der Waals surface area (Å²) in [6.07, 6.45) is 4.16. The first-order valence-electron chi connectivity index (χ1n) is 12.2. The van der Waals surface area contributed by atoms with E-state index in [1.54, 1.807) is 18.4 Å². The molecular weight excluding hydrogens is 514 g/mol. The Kier molecular flexibility index (Phi) is 5.97. The van der Waals surface area contributed by atoms with Gasteiger partial charge in [0, 0.05) is 32.8 Å². The molecule has 3 aromatic carbocycles. The summed E-state index contributed by atoms with van der Waals surface area (Å²) in [7, 11) is -2.89. The molecule has 0 radical (unpaired) electrons. The van der Waals surface area contributed by atoms with E-state index >= 15 is 8.78 Å². The molecule has 0 aliphatic heterocycles. The van der Waals surface area contributed by atoms with Crippen molar-refractivity contribution in [3.8, 4) is 10.6 Å². The van der Waals surface area contributed by atoms with Crippen molar-refractivity contribution in [2.75, 3.05) is 0 Å². The Morgan fingerprint density at radius 3 is 2.08 bits per heavy atom. The maximum absolute atomic E-state index is 15.3. The third-order valence-corrected chi connectivity index (χ3v) is 14.9. The average molecular weight is 538 g/mol. The molecular formula is C30H24F4OP2. The summed E-state index contributed by atoms with van der Waals surface area (Å²) >= 11 is 0. The van der Waals surface area contributed by atoms with Gasteiger partial charge in [0.15, 0.2) is 23.3 Å². The van der Waals surface area contributed by atoms with Crippen LogP contribution in [0.1, 0.15) is 47.8 Å². The lowest BCUT2D eigenvalue weighted by atomic mass is 9.98. The SMILES string of the molecule is CCCC1=C(c2occ(C)c2C)Cc2ccc3c(c21)p(-c1cccc(F)c1F)p3-c1cccc(F)c1F. The number of aryl methyl sites for hydroxylation is 1. The first-order valence-corrected chi connectivity index (χ1v) is 15.6. The monoisotopic (exact) mass is 538 g/mol. The zero-order valence-electron chi connectivity index (χ0n) is 20.6. The fourth-order valence-corrected chi connectivity index (χ4v) is 13.6. The summed E-state index contributed by atoms with van der Waals surface area (Å²) in [6.45, 7) is 6.18. The molecule has 2 unspecified atom stereocenters. The molecule has 2 heterocycles. The van der Waals surface area contributed by atoms with E-state index in [4.69, 9.17) is 4.42 Å². The van der Waals surface area contributed by atoms with Crippen LogP contribution in [0.5, 0.6) is 0 Å². The van der Waals surface area contributed by atoms with E-state index < -0.39 is 37.7 Å². The molecule has 0 saturated heterocycles. The molecule has 0 bridgehead atoms. The summed E-state index contributed by atoms with van der Waals surface area (Å²) < 4.78 is 65.1. The van der Waals surface area contributed by atoms with E-state index in [-0.39, 0.29) is 10.6 Å². The van der Waals surface area contributed by atoms with Gasteiger partial charge in [-0.1, -0.05) is 46.0 Å². The van der Waals surface area contributed by atoms with Gasteiger partial charge in [-0.05, 0) is 78.4 Å². The summed E-state index contributed by atoms with van der Waals surface area (Å²) in [4.78, 5) is 0. The van der Waals surface area contributed by atoms with Crippen LogP contribution in [-0.2, 0) is 6.42 Å². The van der Waals surface area contributed by atoms with Crippen LogP contribution in [0.4, 0.5) is 17.6 Å². The molecule has 6 rings (SSSR count). The highest BCUT2D eigenvalue weighted by Gasteiger charge is 2.33. The molecule has 5 aromatic rings.